The second kappa shape index (κ2) is 8.63. The highest BCUT2D eigenvalue weighted by atomic mass is 32.2. The first-order valence-electron chi connectivity index (χ1n) is 10.2. The average molecular weight is 442 g/mol. The molecule has 6 nitrogen and oxygen atoms in total. The zero-order valence-electron chi connectivity index (χ0n) is 17.2. The number of likely N-dealkylation sites (tertiary alicyclic amines) is 1. The van der Waals surface area contributed by atoms with Crippen LogP contribution in [0.1, 0.15) is 30.9 Å². The minimum absolute atomic E-state index is 0.0174. The van der Waals surface area contributed by atoms with Crippen LogP contribution in [-0.2, 0) is 21.4 Å². The van der Waals surface area contributed by atoms with Crippen molar-refractivity contribution in [3.8, 4) is 0 Å². The molecule has 8 heteroatoms. The molecule has 0 atom stereocenters. The zero-order valence-corrected chi connectivity index (χ0v) is 18.0. The number of sulfonamides is 1. The molecule has 4 rings (SSSR count). The molecule has 1 N–H and O–H groups in total. The summed E-state index contributed by atoms with van der Waals surface area (Å²) in [6, 6.07) is 15.1. The standard InChI is InChI=1S/C23H24FN3O3S/c1-16-21(18-7-9-20(24)10-8-18)31(29,30)26-22(16)27-13-11-19(12-14-27)23(28)25-15-17-5-3-2-4-6-17/h2-10,19H,11-15H2,1H3,(H,25,28). The number of piperidine rings is 1. The average Bonchev–Trinajstić information content (AvgIpc) is 3.02. The van der Waals surface area contributed by atoms with E-state index in [1.54, 1.807) is 6.92 Å². The van der Waals surface area contributed by atoms with Crippen molar-refractivity contribution < 1.29 is 17.6 Å². The molecule has 0 aromatic heterocycles. The first kappa shape index (κ1) is 21.2. The van der Waals surface area contributed by atoms with Gasteiger partial charge in [0.15, 0.2) is 0 Å². The van der Waals surface area contributed by atoms with Gasteiger partial charge in [-0.05, 0) is 43.0 Å². The van der Waals surface area contributed by atoms with E-state index < -0.39 is 15.8 Å². The van der Waals surface area contributed by atoms with Crippen molar-refractivity contribution in [1.29, 1.82) is 0 Å². The number of hydrogen-bond acceptors (Lipinski definition) is 4. The van der Waals surface area contributed by atoms with Crippen LogP contribution in [0, 0.1) is 11.7 Å². The number of benzene rings is 2. The number of nitrogens with one attached hydrogen (secondary N) is 1. The van der Waals surface area contributed by atoms with Crippen LogP contribution in [0.5, 0.6) is 0 Å². The molecule has 0 unspecified atom stereocenters. The van der Waals surface area contributed by atoms with Gasteiger partial charge in [0, 0.05) is 31.1 Å². The van der Waals surface area contributed by atoms with Crippen molar-refractivity contribution in [2.75, 3.05) is 13.1 Å². The maximum atomic E-state index is 13.2. The van der Waals surface area contributed by atoms with Crippen molar-refractivity contribution >= 4 is 26.7 Å². The molecule has 1 saturated heterocycles. The number of rotatable bonds is 4. The summed E-state index contributed by atoms with van der Waals surface area (Å²) in [6.45, 7) is 3.31. The van der Waals surface area contributed by atoms with Gasteiger partial charge in [-0.1, -0.05) is 42.5 Å². The lowest BCUT2D eigenvalue weighted by Crippen LogP contribution is -2.43. The van der Waals surface area contributed by atoms with Crippen molar-refractivity contribution in [3.05, 3.63) is 77.1 Å². The molecule has 162 valence electrons. The summed E-state index contributed by atoms with van der Waals surface area (Å²) < 4.78 is 42.6. The van der Waals surface area contributed by atoms with Crippen molar-refractivity contribution in [2.45, 2.75) is 26.3 Å². The van der Waals surface area contributed by atoms with Gasteiger partial charge in [0.2, 0.25) is 5.91 Å². The topological polar surface area (TPSA) is 78.8 Å². The van der Waals surface area contributed by atoms with Gasteiger partial charge in [-0.25, -0.2) is 4.39 Å². The van der Waals surface area contributed by atoms with Gasteiger partial charge in [-0.3, -0.25) is 4.79 Å². The highest BCUT2D eigenvalue weighted by molar-refractivity contribution is 8.00. The van der Waals surface area contributed by atoms with Crippen molar-refractivity contribution in [1.82, 2.24) is 10.2 Å². The number of carbonyl (C=O) groups is 1. The van der Waals surface area contributed by atoms with E-state index in [9.17, 15) is 17.6 Å². The summed E-state index contributed by atoms with van der Waals surface area (Å²) in [5, 5.41) is 2.98. The predicted molar refractivity (Wildman–Crippen MR) is 118 cm³/mol. The molecule has 0 spiro atoms. The van der Waals surface area contributed by atoms with E-state index in [4.69, 9.17) is 0 Å². The van der Waals surface area contributed by atoms with E-state index in [0.29, 0.717) is 49.4 Å². The third kappa shape index (κ3) is 4.54. The number of hydrogen-bond donors (Lipinski definition) is 1. The number of amides is 1. The van der Waals surface area contributed by atoms with Gasteiger partial charge in [-0.15, -0.1) is 4.40 Å². The van der Waals surface area contributed by atoms with Crippen LogP contribution in [0.4, 0.5) is 4.39 Å². The molecule has 0 bridgehead atoms. The molecule has 2 heterocycles. The number of amidine groups is 1. The van der Waals surface area contributed by atoms with Crippen molar-refractivity contribution in [2.24, 2.45) is 10.3 Å². The number of halogens is 1. The van der Waals surface area contributed by atoms with Gasteiger partial charge in [0.25, 0.3) is 10.0 Å². The van der Waals surface area contributed by atoms with Gasteiger partial charge < -0.3 is 10.2 Å². The monoisotopic (exact) mass is 441 g/mol. The third-order valence-electron chi connectivity index (χ3n) is 5.72. The fraction of sp³-hybridized carbons (Fsp3) is 0.304. The lowest BCUT2D eigenvalue weighted by Gasteiger charge is -2.32. The summed E-state index contributed by atoms with van der Waals surface area (Å²) in [6.07, 6.45) is 1.25. The van der Waals surface area contributed by atoms with Crippen LogP contribution < -0.4 is 5.32 Å². The molecule has 2 aliphatic heterocycles. The number of nitrogens with zero attached hydrogens (tertiary/aromatic N) is 2. The zero-order chi connectivity index (χ0) is 22.0. The summed E-state index contributed by atoms with van der Waals surface area (Å²) in [4.78, 5) is 14.6. The minimum atomic E-state index is -3.85. The van der Waals surface area contributed by atoms with Crippen LogP contribution in [-0.4, -0.2) is 38.2 Å². The van der Waals surface area contributed by atoms with Crippen LogP contribution in [0.3, 0.4) is 0 Å². The van der Waals surface area contributed by atoms with E-state index in [1.165, 1.54) is 24.3 Å². The van der Waals surface area contributed by atoms with Gasteiger partial charge in [0.05, 0.1) is 0 Å². The minimum Gasteiger partial charge on any atom is -0.356 e. The molecular weight excluding hydrogens is 417 g/mol. The Balaban J connectivity index is 1.41. The summed E-state index contributed by atoms with van der Waals surface area (Å²) in [7, 11) is -3.85. The molecular formula is C23H24FN3O3S. The molecule has 2 aromatic carbocycles. The second-order valence-corrected chi connectivity index (χ2v) is 9.36. The fourth-order valence-corrected chi connectivity index (χ4v) is 5.55. The fourth-order valence-electron chi connectivity index (χ4n) is 4.07. The number of carbonyl (C=O) groups excluding carboxylic acids is 1. The van der Waals surface area contributed by atoms with Crippen LogP contribution in [0.15, 0.2) is 64.6 Å². The van der Waals surface area contributed by atoms with Crippen molar-refractivity contribution in [3.63, 3.8) is 0 Å². The van der Waals surface area contributed by atoms with Crippen LogP contribution >= 0.6 is 0 Å². The SMILES string of the molecule is CC1=C(c2ccc(F)cc2)S(=O)(=O)N=C1N1CCC(C(=O)NCc2ccccc2)CC1. The Kier molecular flexibility index (Phi) is 5.91. The van der Waals surface area contributed by atoms with E-state index in [2.05, 4.69) is 9.71 Å². The second-order valence-electron chi connectivity index (χ2n) is 7.82. The molecule has 2 aromatic rings. The molecule has 31 heavy (non-hydrogen) atoms. The van der Waals surface area contributed by atoms with Gasteiger partial charge >= 0.3 is 0 Å². The van der Waals surface area contributed by atoms with Gasteiger partial charge in [0.1, 0.15) is 16.6 Å². The maximum Gasteiger partial charge on any atom is 0.285 e. The smallest absolute Gasteiger partial charge is 0.285 e. The highest BCUT2D eigenvalue weighted by Crippen LogP contribution is 2.34. The Morgan fingerprint density at radius 2 is 1.74 bits per heavy atom. The van der Waals surface area contributed by atoms with E-state index in [1.807, 2.05) is 35.2 Å². The summed E-state index contributed by atoms with van der Waals surface area (Å²) in [5.41, 5.74) is 2.03. The van der Waals surface area contributed by atoms with E-state index in [0.717, 1.165) is 5.56 Å². The predicted octanol–water partition coefficient (Wildman–Crippen LogP) is 3.33. The molecule has 0 saturated carbocycles. The quantitative estimate of drug-likeness (QED) is 0.790. The summed E-state index contributed by atoms with van der Waals surface area (Å²) >= 11 is 0. The first-order valence-corrected chi connectivity index (χ1v) is 11.7. The Labute approximate surface area is 181 Å². The lowest BCUT2D eigenvalue weighted by molar-refractivity contribution is -0.126. The molecule has 1 amide bonds. The molecule has 0 aliphatic carbocycles. The Morgan fingerprint density at radius 1 is 1.10 bits per heavy atom. The lowest BCUT2D eigenvalue weighted by atomic mass is 9.95. The van der Waals surface area contributed by atoms with Crippen LogP contribution in [0.25, 0.3) is 4.91 Å². The highest BCUT2D eigenvalue weighted by Gasteiger charge is 2.35. The summed E-state index contributed by atoms with van der Waals surface area (Å²) in [5.74, 6) is -0.100. The normalized spacial score (nSPS) is 18.8. The molecule has 1 fully saturated rings. The van der Waals surface area contributed by atoms with E-state index >= 15 is 0 Å². The largest absolute Gasteiger partial charge is 0.356 e. The first-order chi connectivity index (χ1) is 14.8. The molecule has 0 radical (unpaired) electrons. The van der Waals surface area contributed by atoms with Crippen LogP contribution in [0.2, 0.25) is 0 Å². The Morgan fingerprint density at radius 3 is 2.39 bits per heavy atom. The third-order valence-corrected chi connectivity index (χ3v) is 7.19. The Bertz CT molecular complexity index is 1130. The van der Waals surface area contributed by atoms with Gasteiger partial charge in [-0.2, -0.15) is 8.42 Å². The van der Waals surface area contributed by atoms with E-state index in [-0.39, 0.29) is 16.7 Å². The maximum absolute atomic E-state index is 13.2. The Hall–Kier alpha value is -3.00. The molecule has 2 aliphatic rings.